The number of nitriles is 1. The Hall–Kier alpha value is -3.11. The van der Waals surface area contributed by atoms with Crippen LogP contribution in [0.15, 0.2) is 42.5 Å². The van der Waals surface area contributed by atoms with Crippen molar-refractivity contribution in [2.45, 2.75) is 6.10 Å². The Morgan fingerprint density at radius 3 is 2.73 bits per heavy atom. The van der Waals surface area contributed by atoms with Crippen LogP contribution >= 0.6 is 11.3 Å². The van der Waals surface area contributed by atoms with Crippen molar-refractivity contribution in [3.8, 4) is 11.8 Å². The lowest BCUT2D eigenvalue weighted by Gasteiger charge is -2.38. The van der Waals surface area contributed by atoms with Gasteiger partial charge in [-0.05, 0) is 36.4 Å². The Bertz CT molecular complexity index is 1000. The highest BCUT2D eigenvalue weighted by Gasteiger charge is 2.32. The van der Waals surface area contributed by atoms with Crippen LogP contribution in [0.25, 0.3) is 10.2 Å². The van der Waals surface area contributed by atoms with Crippen LogP contribution in [0.1, 0.15) is 15.9 Å². The summed E-state index contributed by atoms with van der Waals surface area (Å²) in [5.74, 6) is 0.388. The van der Waals surface area contributed by atoms with Crippen LogP contribution < -0.4 is 9.64 Å². The summed E-state index contributed by atoms with van der Waals surface area (Å²) in [6, 6.07) is 14.3. The quantitative estimate of drug-likeness (QED) is 0.661. The number of thiazole rings is 1. The Morgan fingerprint density at radius 2 is 2.04 bits per heavy atom. The minimum absolute atomic E-state index is 0.160. The number of rotatable bonds is 4. The van der Waals surface area contributed by atoms with Gasteiger partial charge in [0.25, 0.3) is 0 Å². The number of ether oxygens (including phenoxy) is 2. The highest BCUT2D eigenvalue weighted by Crippen LogP contribution is 2.36. The van der Waals surface area contributed by atoms with Crippen LogP contribution in [0, 0.1) is 11.3 Å². The first-order chi connectivity index (χ1) is 12.7. The van der Waals surface area contributed by atoms with Crippen LogP contribution in [0.4, 0.5) is 5.13 Å². The van der Waals surface area contributed by atoms with E-state index >= 15 is 0 Å². The van der Waals surface area contributed by atoms with E-state index in [1.807, 2.05) is 24.3 Å². The number of methoxy groups -OCH3 is 1. The number of carbonyl (C=O) groups excluding carboxylic acids is 1. The molecule has 0 unspecified atom stereocenters. The van der Waals surface area contributed by atoms with Gasteiger partial charge in [-0.25, -0.2) is 9.78 Å². The molecule has 0 atom stereocenters. The lowest BCUT2D eigenvalue weighted by atomic mass is 10.1. The van der Waals surface area contributed by atoms with Crippen molar-refractivity contribution in [3.63, 3.8) is 0 Å². The first kappa shape index (κ1) is 16.4. The summed E-state index contributed by atoms with van der Waals surface area (Å²) in [6.07, 6.45) is -0.160. The molecule has 7 heteroatoms. The van der Waals surface area contributed by atoms with Gasteiger partial charge >= 0.3 is 5.97 Å². The first-order valence-electron chi connectivity index (χ1n) is 8.07. The van der Waals surface area contributed by atoms with Crippen molar-refractivity contribution in [3.05, 3.63) is 53.6 Å². The molecule has 2 aromatic carbocycles. The molecule has 0 N–H and O–H groups in total. The molecule has 0 saturated carbocycles. The van der Waals surface area contributed by atoms with Crippen molar-refractivity contribution in [2.75, 3.05) is 25.1 Å². The standard InChI is InChI=1S/C19H15N3O3S/c1-24-15-3-2-4-16-17(15)21-19(26-16)22-10-14(11-22)25-18(23)13-7-5-12(9-20)6-8-13/h2-8,14H,10-11H2,1H3. The van der Waals surface area contributed by atoms with Crippen LogP contribution in [-0.4, -0.2) is 37.3 Å². The molecule has 0 aliphatic carbocycles. The van der Waals surface area contributed by atoms with Gasteiger partial charge in [0, 0.05) is 0 Å². The fourth-order valence-electron chi connectivity index (χ4n) is 2.78. The minimum Gasteiger partial charge on any atom is -0.494 e. The molecule has 0 radical (unpaired) electrons. The molecule has 130 valence electrons. The molecule has 1 aliphatic rings. The Balaban J connectivity index is 1.39. The molecule has 0 amide bonds. The van der Waals surface area contributed by atoms with Gasteiger partial charge in [0.05, 0.1) is 42.1 Å². The van der Waals surface area contributed by atoms with E-state index in [0.717, 1.165) is 21.1 Å². The van der Waals surface area contributed by atoms with Gasteiger partial charge in [-0.15, -0.1) is 0 Å². The summed E-state index contributed by atoms with van der Waals surface area (Å²) in [5, 5.41) is 9.70. The predicted molar refractivity (Wildman–Crippen MR) is 98.7 cm³/mol. The summed E-state index contributed by atoms with van der Waals surface area (Å²) in [4.78, 5) is 18.9. The molecule has 3 aromatic rings. The van der Waals surface area contributed by atoms with E-state index in [4.69, 9.17) is 14.7 Å². The van der Waals surface area contributed by atoms with Crippen LogP contribution in [0.2, 0.25) is 0 Å². The second-order valence-corrected chi connectivity index (χ2v) is 6.93. The minimum atomic E-state index is -0.370. The Kier molecular flexibility index (Phi) is 4.19. The maximum absolute atomic E-state index is 12.2. The number of carbonyl (C=O) groups is 1. The van der Waals surface area contributed by atoms with Gasteiger partial charge in [-0.2, -0.15) is 5.26 Å². The van der Waals surface area contributed by atoms with Gasteiger partial charge in [0.1, 0.15) is 17.4 Å². The molecule has 0 bridgehead atoms. The van der Waals surface area contributed by atoms with Crippen molar-refractivity contribution in [2.24, 2.45) is 0 Å². The van der Waals surface area contributed by atoms with Crippen LogP contribution in [0.3, 0.4) is 0 Å². The number of esters is 1. The van der Waals surface area contributed by atoms with Gasteiger partial charge in [-0.3, -0.25) is 0 Å². The van der Waals surface area contributed by atoms with E-state index in [-0.39, 0.29) is 12.1 Å². The van der Waals surface area contributed by atoms with Crippen molar-refractivity contribution >= 4 is 32.7 Å². The van der Waals surface area contributed by atoms with Crippen LogP contribution in [-0.2, 0) is 4.74 Å². The van der Waals surface area contributed by atoms with E-state index in [1.165, 1.54) is 0 Å². The summed E-state index contributed by atoms with van der Waals surface area (Å²) in [5.41, 5.74) is 1.82. The fraction of sp³-hybridized carbons (Fsp3) is 0.211. The third kappa shape index (κ3) is 2.95. The molecule has 1 aliphatic heterocycles. The van der Waals surface area contributed by atoms with Crippen molar-refractivity contribution < 1.29 is 14.3 Å². The first-order valence-corrected chi connectivity index (χ1v) is 8.89. The lowest BCUT2D eigenvalue weighted by molar-refractivity contribution is 0.0234. The zero-order chi connectivity index (χ0) is 18.1. The molecule has 1 saturated heterocycles. The number of nitrogens with zero attached hydrogens (tertiary/aromatic N) is 3. The Morgan fingerprint density at radius 1 is 1.27 bits per heavy atom. The molecule has 1 fully saturated rings. The number of anilines is 1. The van der Waals surface area contributed by atoms with E-state index < -0.39 is 0 Å². The summed E-state index contributed by atoms with van der Waals surface area (Å²) < 4.78 is 11.9. The largest absolute Gasteiger partial charge is 0.494 e. The molecule has 26 heavy (non-hydrogen) atoms. The predicted octanol–water partition coefficient (Wildman–Crippen LogP) is 3.22. The fourth-order valence-corrected chi connectivity index (χ4v) is 3.78. The SMILES string of the molecule is COc1cccc2sc(N3CC(OC(=O)c4ccc(C#N)cc4)C3)nc12. The van der Waals surface area contributed by atoms with Crippen LogP contribution in [0.5, 0.6) is 5.75 Å². The molecule has 4 rings (SSSR count). The van der Waals surface area contributed by atoms with Gasteiger partial charge in [-0.1, -0.05) is 17.4 Å². The molecule has 6 nitrogen and oxygen atoms in total. The van der Waals surface area contributed by atoms with Gasteiger partial charge in [0.15, 0.2) is 5.13 Å². The highest BCUT2D eigenvalue weighted by atomic mass is 32.1. The third-order valence-corrected chi connectivity index (χ3v) is 5.31. The number of fused-ring (bicyclic) bond motifs is 1. The van der Waals surface area contributed by atoms with E-state index in [2.05, 4.69) is 9.88 Å². The maximum atomic E-state index is 12.2. The second kappa shape index (κ2) is 6.65. The summed E-state index contributed by atoms with van der Waals surface area (Å²) in [7, 11) is 1.63. The number of hydrogen-bond acceptors (Lipinski definition) is 7. The topological polar surface area (TPSA) is 75.5 Å². The monoisotopic (exact) mass is 365 g/mol. The average Bonchev–Trinajstić information content (AvgIpc) is 3.07. The smallest absolute Gasteiger partial charge is 0.338 e. The molecule has 0 spiro atoms. The van der Waals surface area contributed by atoms with Gasteiger partial charge in [0.2, 0.25) is 0 Å². The number of hydrogen-bond donors (Lipinski definition) is 0. The normalized spacial score (nSPS) is 13.9. The van der Waals surface area contributed by atoms with Gasteiger partial charge < -0.3 is 14.4 Å². The second-order valence-electron chi connectivity index (χ2n) is 5.92. The van der Waals surface area contributed by atoms with E-state index in [0.29, 0.717) is 24.2 Å². The zero-order valence-corrected chi connectivity index (χ0v) is 14.8. The molecular formula is C19H15N3O3S. The number of benzene rings is 2. The lowest BCUT2D eigenvalue weighted by Crippen LogP contribution is -2.53. The number of para-hydroxylation sites is 1. The highest BCUT2D eigenvalue weighted by molar-refractivity contribution is 7.22. The van der Waals surface area contributed by atoms with Crippen molar-refractivity contribution in [1.29, 1.82) is 5.26 Å². The maximum Gasteiger partial charge on any atom is 0.338 e. The third-order valence-electron chi connectivity index (χ3n) is 4.23. The van der Waals surface area contributed by atoms with E-state index in [9.17, 15) is 4.79 Å². The number of aromatic nitrogens is 1. The zero-order valence-electron chi connectivity index (χ0n) is 14.0. The summed E-state index contributed by atoms with van der Waals surface area (Å²) in [6.45, 7) is 1.23. The molecule has 2 heterocycles. The molecule has 1 aromatic heterocycles. The van der Waals surface area contributed by atoms with E-state index in [1.54, 1.807) is 42.7 Å². The average molecular weight is 365 g/mol. The molecular weight excluding hydrogens is 350 g/mol. The Labute approximate surface area is 154 Å². The summed E-state index contributed by atoms with van der Waals surface area (Å²) >= 11 is 1.60. The van der Waals surface area contributed by atoms with Crippen molar-refractivity contribution in [1.82, 2.24) is 4.98 Å².